The molecule has 1 fully saturated rings. The topological polar surface area (TPSA) is 151 Å². The Labute approximate surface area is 243 Å². The third-order valence-corrected chi connectivity index (χ3v) is 9.43. The molecule has 1 saturated carbocycles. The minimum atomic E-state index is -3.76. The molecule has 3 rings (SSSR count). The summed E-state index contributed by atoms with van der Waals surface area (Å²) in [4.78, 5) is 37.2. The first-order valence-corrected chi connectivity index (χ1v) is 16.2. The second kappa shape index (κ2) is 15.2. The summed E-state index contributed by atoms with van der Waals surface area (Å²) in [5.41, 5.74) is 0.805. The average molecular weight is 612 g/mol. The maximum atomic E-state index is 13.3. The van der Waals surface area contributed by atoms with Gasteiger partial charge in [-0.15, -0.1) is 0 Å². The van der Waals surface area contributed by atoms with E-state index in [2.05, 4.69) is 16.0 Å². The number of rotatable bonds is 12. The molecule has 4 atom stereocenters. The van der Waals surface area contributed by atoms with Crippen LogP contribution in [0.2, 0.25) is 5.02 Å². The molecule has 4 N–H and O–H groups in total. The van der Waals surface area contributed by atoms with Crippen molar-refractivity contribution in [2.24, 2.45) is 5.92 Å². The molecule has 10 nitrogen and oxygen atoms in total. The Balaban J connectivity index is 1.71. The molecule has 0 saturated heterocycles. The molecule has 40 heavy (non-hydrogen) atoms. The van der Waals surface area contributed by atoms with Gasteiger partial charge in [0.25, 0.3) is 0 Å². The van der Waals surface area contributed by atoms with Crippen LogP contribution < -0.4 is 16.0 Å². The number of amides is 3. The Bertz CT molecular complexity index is 1250. The van der Waals surface area contributed by atoms with Gasteiger partial charge >= 0.3 is 12.2 Å². The van der Waals surface area contributed by atoms with E-state index in [1.807, 2.05) is 36.6 Å². The van der Waals surface area contributed by atoms with E-state index in [0.29, 0.717) is 30.0 Å². The van der Waals surface area contributed by atoms with E-state index in [-0.39, 0.29) is 23.7 Å². The van der Waals surface area contributed by atoms with Crippen molar-refractivity contribution in [2.75, 3.05) is 17.8 Å². The highest BCUT2D eigenvalue weighted by Gasteiger charge is 2.37. The minimum Gasteiger partial charge on any atom is -0.465 e. The van der Waals surface area contributed by atoms with Crippen LogP contribution in [0.15, 0.2) is 59.5 Å². The number of sulfone groups is 1. The maximum Gasteiger partial charge on any atom is 0.408 e. The summed E-state index contributed by atoms with van der Waals surface area (Å²) in [5, 5.41) is 17.6. The molecular weight excluding hydrogens is 578 g/mol. The monoisotopic (exact) mass is 611 g/mol. The highest BCUT2D eigenvalue weighted by Crippen LogP contribution is 2.29. The van der Waals surface area contributed by atoms with Gasteiger partial charge in [0.15, 0.2) is 9.84 Å². The summed E-state index contributed by atoms with van der Waals surface area (Å²) < 4.78 is 31.7. The first kappa shape index (κ1) is 31.6. The van der Waals surface area contributed by atoms with Gasteiger partial charge in [-0.2, -0.15) is 11.8 Å². The summed E-state index contributed by atoms with van der Waals surface area (Å²) in [6, 6.07) is 13.1. The van der Waals surface area contributed by atoms with Crippen molar-refractivity contribution < 1.29 is 32.6 Å². The van der Waals surface area contributed by atoms with Gasteiger partial charge in [-0.3, -0.25) is 4.79 Å². The molecule has 3 amide bonds. The van der Waals surface area contributed by atoms with E-state index in [0.717, 1.165) is 5.56 Å². The zero-order chi connectivity index (χ0) is 29.1. The van der Waals surface area contributed by atoms with Crippen LogP contribution in [0, 0.1) is 5.92 Å². The summed E-state index contributed by atoms with van der Waals surface area (Å²) in [7, 11) is -3.76. The lowest BCUT2D eigenvalue weighted by molar-refractivity contribution is -0.124. The van der Waals surface area contributed by atoms with E-state index < -0.39 is 52.0 Å². The molecule has 0 aromatic heterocycles. The van der Waals surface area contributed by atoms with Crippen molar-refractivity contribution in [3.63, 3.8) is 0 Å². The van der Waals surface area contributed by atoms with Crippen LogP contribution in [0.1, 0.15) is 31.2 Å². The molecule has 0 bridgehead atoms. The van der Waals surface area contributed by atoms with Crippen molar-refractivity contribution in [2.45, 2.75) is 55.3 Å². The van der Waals surface area contributed by atoms with Crippen LogP contribution in [-0.2, 0) is 26.0 Å². The number of alkyl carbamates (subject to hydrolysis) is 1. The Kier molecular flexibility index (Phi) is 12.0. The first-order valence-electron chi connectivity index (χ1n) is 12.8. The smallest absolute Gasteiger partial charge is 0.408 e. The average Bonchev–Trinajstić information content (AvgIpc) is 2.91. The maximum absolute atomic E-state index is 13.3. The van der Waals surface area contributed by atoms with Gasteiger partial charge < -0.3 is 25.8 Å². The molecule has 1 aliphatic rings. The second-order valence-electron chi connectivity index (χ2n) is 9.61. The fourth-order valence-corrected chi connectivity index (χ4v) is 6.93. The third kappa shape index (κ3) is 9.90. The van der Waals surface area contributed by atoms with E-state index in [9.17, 15) is 27.9 Å². The van der Waals surface area contributed by atoms with Gasteiger partial charge in [0.2, 0.25) is 5.91 Å². The standard InChI is InChI=1S/C27H34ClN3O7S2/c1-39-14-13-24(31-27(35)38-16-18-5-3-2-4-6-18)25(32)30-23-12-9-21(29-26(33)34)15-19(23)17-40(36,37)22-10-7-20(28)8-11-22/h2-8,10-11,19,21,23-24,29H,9,12-17H2,1H3,(H,30,32)(H,31,35)(H,33,34). The number of benzene rings is 2. The highest BCUT2D eigenvalue weighted by molar-refractivity contribution is 7.98. The Hall–Kier alpha value is -2.96. The molecule has 2 aromatic rings. The molecule has 0 spiro atoms. The zero-order valence-electron chi connectivity index (χ0n) is 22.0. The predicted molar refractivity (Wildman–Crippen MR) is 154 cm³/mol. The Morgan fingerprint density at radius 1 is 1.07 bits per heavy atom. The number of halogens is 1. The molecule has 218 valence electrons. The Morgan fingerprint density at radius 3 is 2.42 bits per heavy atom. The van der Waals surface area contributed by atoms with Crippen LogP contribution in [0.25, 0.3) is 0 Å². The number of carboxylic acid groups (broad SMARTS) is 1. The molecule has 13 heteroatoms. The minimum absolute atomic E-state index is 0.0504. The van der Waals surface area contributed by atoms with Gasteiger partial charge in [0, 0.05) is 17.1 Å². The van der Waals surface area contributed by atoms with Gasteiger partial charge in [-0.25, -0.2) is 18.0 Å². The van der Waals surface area contributed by atoms with Gasteiger partial charge in [-0.1, -0.05) is 41.9 Å². The number of ether oxygens (including phenoxy) is 1. The van der Waals surface area contributed by atoms with Gasteiger partial charge in [0.05, 0.1) is 10.6 Å². The lowest BCUT2D eigenvalue weighted by Gasteiger charge is -2.37. The molecular formula is C27H34ClN3O7S2. The van der Waals surface area contributed by atoms with E-state index in [1.165, 1.54) is 36.0 Å². The van der Waals surface area contributed by atoms with Crippen LogP contribution >= 0.6 is 23.4 Å². The molecule has 2 aromatic carbocycles. The van der Waals surface area contributed by atoms with E-state index in [1.54, 1.807) is 0 Å². The summed E-state index contributed by atoms with van der Waals surface area (Å²) in [5.74, 6) is -0.712. The highest BCUT2D eigenvalue weighted by atomic mass is 35.5. The third-order valence-electron chi connectivity index (χ3n) is 6.68. The first-order chi connectivity index (χ1) is 19.1. The SMILES string of the molecule is CSCCC(NC(=O)OCc1ccccc1)C(=O)NC1CCC(NC(=O)O)CC1CS(=O)(=O)c1ccc(Cl)cc1. The molecule has 0 radical (unpaired) electrons. The van der Waals surface area contributed by atoms with Crippen LogP contribution in [-0.4, -0.2) is 67.5 Å². The number of carbonyl (C=O) groups excluding carboxylic acids is 2. The van der Waals surface area contributed by atoms with E-state index in [4.69, 9.17) is 16.3 Å². The fraction of sp³-hybridized carbons (Fsp3) is 0.444. The van der Waals surface area contributed by atoms with Crippen molar-refractivity contribution in [1.29, 1.82) is 0 Å². The van der Waals surface area contributed by atoms with Gasteiger partial charge in [0.1, 0.15) is 12.6 Å². The number of hydrogen-bond acceptors (Lipinski definition) is 7. The predicted octanol–water partition coefficient (Wildman–Crippen LogP) is 4.08. The lowest BCUT2D eigenvalue weighted by atomic mass is 9.82. The van der Waals surface area contributed by atoms with Crippen molar-refractivity contribution in [3.8, 4) is 0 Å². The quantitative estimate of drug-likeness (QED) is 0.280. The van der Waals surface area contributed by atoms with Crippen molar-refractivity contribution in [3.05, 3.63) is 65.2 Å². The van der Waals surface area contributed by atoms with Gasteiger partial charge in [-0.05, 0) is 73.4 Å². The number of thioether (sulfide) groups is 1. The number of carbonyl (C=O) groups is 3. The van der Waals surface area contributed by atoms with Crippen molar-refractivity contribution in [1.82, 2.24) is 16.0 Å². The Morgan fingerprint density at radius 2 is 1.77 bits per heavy atom. The second-order valence-corrected chi connectivity index (χ2v) is 13.1. The molecule has 1 aliphatic carbocycles. The molecule has 0 heterocycles. The lowest BCUT2D eigenvalue weighted by Crippen LogP contribution is -2.55. The number of nitrogens with one attached hydrogen (secondary N) is 3. The van der Waals surface area contributed by atoms with Crippen molar-refractivity contribution >= 4 is 51.3 Å². The van der Waals surface area contributed by atoms with Crippen LogP contribution in [0.3, 0.4) is 0 Å². The molecule has 0 aliphatic heterocycles. The van der Waals surface area contributed by atoms with Crippen LogP contribution in [0.4, 0.5) is 9.59 Å². The normalized spacial score (nSPS) is 19.7. The van der Waals surface area contributed by atoms with E-state index >= 15 is 0 Å². The summed E-state index contributed by atoms with van der Waals surface area (Å²) >= 11 is 7.43. The number of hydrogen-bond donors (Lipinski definition) is 4. The largest absolute Gasteiger partial charge is 0.465 e. The summed E-state index contributed by atoms with van der Waals surface area (Å²) in [6.07, 6.45) is 1.32. The molecule has 4 unspecified atom stereocenters. The van der Waals surface area contributed by atoms with Crippen LogP contribution in [0.5, 0.6) is 0 Å². The zero-order valence-corrected chi connectivity index (χ0v) is 24.4. The summed E-state index contributed by atoms with van der Waals surface area (Å²) in [6.45, 7) is 0.0504. The fourth-order valence-electron chi connectivity index (χ4n) is 4.66.